The molecule has 0 aliphatic carbocycles. The molecule has 0 saturated carbocycles. The summed E-state index contributed by atoms with van der Waals surface area (Å²) in [6.45, 7) is -0.718. The van der Waals surface area contributed by atoms with Gasteiger partial charge in [-0.15, -0.1) is 0 Å². The Kier molecular flexibility index (Phi) is 8.26. The first kappa shape index (κ1) is 25.9. The van der Waals surface area contributed by atoms with Crippen LogP contribution >= 0.6 is 11.6 Å². The van der Waals surface area contributed by atoms with Gasteiger partial charge in [-0.2, -0.15) is 5.10 Å². The summed E-state index contributed by atoms with van der Waals surface area (Å²) in [6.07, 6.45) is 1.00. The molecule has 0 heterocycles. The molecule has 0 aliphatic rings. The molecular formula is C23H20ClF2N3O5S. The summed E-state index contributed by atoms with van der Waals surface area (Å²) in [5, 5.41) is 3.74. The molecule has 0 saturated heterocycles. The molecule has 1 amide bonds. The van der Waals surface area contributed by atoms with E-state index < -0.39 is 34.1 Å². The van der Waals surface area contributed by atoms with Crippen LogP contribution in [0.2, 0.25) is 5.02 Å². The molecule has 0 aliphatic heterocycles. The van der Waals surface area contributed by atoms with Crippen molar-refractivity contribution < 1.29 is 31.5 Å². The van der Waals surface area contributed by atoms with E-state index in [1.165, 1.54) is 62.8 Å². The Balaban J connectivity index is 1.91. The minimum Gasteiger partial charge on any atom is -0.493 e. The Morgan fingerprint density at radius 2 is 1.74 bits per heavy atom. The SMILES string of the molecule is COc1ccc(S(=O)(=O)N(CC(=O)N/N=C\c2c(F)cccc2Cl)c2ccc(F)cc2)cc1OC. The van der Waals surface area contributed by atoms with Gasteiger partial charge in [0.2, 0.25) is 0 Å². The lowest BCUT2D eigenvalue weighted by Crippen LogP contribution is -2.39. The van der Waals surface area contributed by atoms with Crippen LogP contribution in [0.5, 0.6) is 11.5 Å². The van der Waals surface area contributed by atoms with Crippen LogP contribution in [0, 0.1) is 11.6 Å². The number of hydrogen-bond donors (Lipinski definition) is 1. The van der Waals surface area contributed by atoms with Crippen LogP contribution in [0.25, 0.3) is 0 Å². The fourth-order valence-electron chi connectivity index (χ4n) is 3.00. The van der Waals surface area contributed by atoms with Crippen LogP contribution in [-0.2, 0) is 14.8 Å². The van der Waals surface area contributed by atoms with Crippen molar-refractivity contribution in [2.24, 2.45) is 5.10 Å². The van der Waals surface area contributed by atoms with E-state index in [0.29, 0.717) is 5.75 Å². The maximum absolute atomic E-state index is 13.9. The Morgan fingerprint density at radius 3 is 2.37 bits per heavy atom. The third kappa shape index (κ3) is 6.06. The van der Waals surface area contributed by atoms with E-state index >= 15 is 0 Å². The number of nitrogens with zero attached hydrogens (tertiary/aromatic N) is 2. The zero-order valence-electron chi connectivity index (χ0n) is 18.5. The fourth-order valence-corrected chi connectivity index (χ4v) is 4.64. The molecule has 12 heteroatoms. The minimum atomic E-state index is -4.33. The van der Waals surface area contributed by atoms with Crippen LogP contribution in [0.4, 0.5) is 14.5 Å². The molecule has 0 aromatic heterocycles. The van der Waals surface area contributed by atoms with E-state index in [-0.39, 0.29) is 26.9 Å². The van der Waals surface area contributed by atoms with Crippen molar-refractivity contribution in [3.63, 3.8) is 0 Å². The highest BCUT2D eigenvalue weighted by molar-refractivity contribution is 7.92. The maximum Gasteiger partial charge on any atom is 0.264 e. The van der Waals surface area contributed by atoms with E-state index in [0.717, 1.165) is 22.7 Å². The second-order valence-electron chi connectivity index (χ2n) is 6.93. The normalized spacial score (nSPS) is 11.3. The number of ether oxygens (including phenoxy) is 2. The Bertz CT molecular complexity index is 1330. The van der Waals surface area contributed by atoms with Crippen molar-refractivity contribution in [1.82, 2.24) is 5.43 Å². The van der Waals surface area contributed by atoms with Gasteiger partial charge in [0.15, 0.2) is 11.5 Å². The number of carbonyl (C=O) groups is 1. The quantitative estimate of drug-likeness (QED) is 0.338. The number of nitrogens with one attached hydrogen (secondary N) is 1. The standard InChI is InChI=1S/C23H20ClF2N3O5S/c1-33-21-11-10-17(12-22(21)34-2)35(31,32)29(16-8-6-15(25)7-9-16)14-23(30)28-27-13-18-19(24)4-3-5-20(18)26/h3-13H,14H2,1-2H3,(H,28,30)/b27-13-. The number of benzene rings is 3. The van der Waals surface area contributed by atoms with Gasteiger partial charge in [0.25, 0.3) is 15.9 Å². The van der Waals surface area contributed by atoms with Crippen LogP contribution < -0.4 is 19.2 Å². The van der Waals surface area contributed by atoms with E-state index in [9.17, 15) is 22.0 Å². The molecule has 184 valence electrons. The van der Waals surface area contributed by atoms with Gasteiger partial charge in [-0.1, -0.05) is 17.7 Å². The van der Waals surface area contributed by atoms with Gasteiger partial charge in [0.1, 0.15) is 18.2 Å². The number of hydrogen-bond acceptors (Lipinski definition) is 6. The minimum absolute atomic E-state index is 0.0254. The number of sulfonamides is 1. The molecule has 0 radical (unpaired) electrons. The van der Waals surface area contributed by atoms with E-state index in [1.807, 2.05) is 0 Å². The average Bonchev–Trinajstić information content (AvgIpc) is 2.84. The molecule has 0 fully saturated rings. The lowest BCUT2D eigenvalue weighted by Gasteiger charge is -2.24. The smallest absolute Gasteiger partial charge is 0.264 e. The summed E-state index contributed by atoms with van der Waals surface area (Å²) in [7, 11) is -1.58. The van der Waals surface area contributed by atoms with Crippen molar-refractivity contribution in [1.29, 1.82) is 0 Å². The summed E-state index contributed by atoms with van der Waals surface area (Å²) >= 11 is 5.91. The van der Waals surface area contributed by atoms with Gasteiger partial charge in [-0.3, -0.25) is 9.10 Å². The second-order valence-corrected chi connectivity index (χ2v) is 9.20. The third-order valence-electron chi connectivity index (χ3n) is 4.73. The number of halogens is 3. The lowest BCUT2D eigenvalue weighted by molar-refractivity contribution is -0.119. The first-order valence-electron chi connectivity index (χ1n) is 9.93. The van der Waals surface area contributed by atoms with Crippen LogP contribution in [0.1, 0.15) is 5.56 Å². The molecule has 3 aromatic carbocycles. The Hall–Kier alpha value is -3.70. The third-order valence-corrected chi connectivity index (χ3v) is 6.83. The molecule has 8 nitrogen and oxygen atoms in total. The van der Waals surface area contributed by atoms with Gasteiger partial charge in [-0.25, -0.2) is 22.6 Å². The highest BCUT2D eigenvalue weighted by atomic mass is 35.5. The van der Waals surface area contributed by atoms with Crippen LogP contribution in [0.15, 0.2) is 70.7 Å². The molecule has 0 spiro atoms. The highest BCUT2D eigenvalue weighted by Gasteiger charge is 2.28. The van der Waals surface area contributed by atoms with Crippen molar-refractivity contribution in [3.8, 4) is 11.5 Å². The van der Waals surface area contributed by atoms with Crippen LogP contribution in [0.3, 0.4) is 0 Å². The maximum atomic E-state index is 13.9. The van der Waals surface area contributed by atoms with E-state index in [2.05, 4.69) is 10.5 Å². The number of amides is 1. The summed E-state index contributed by atoms with van der Waals surface area (Å²) in [4.78, 5) is 12.4. The number of methoxy groups -OCH3 is 2. The lowest BCUT2D eigenvalue weighted by atomic mass is 10.2. The first-order chi connectivity index (χ1) is 16.7. The summed E-state index contributed by atoms with van der Waals surface area (Å²) in [5.41, 5.74) is 2.11. The van der Waals surface area contributed by atoms with Gasteiger partial charge in [0.05, 0.1) is 36.0 Å². The number of anilines is 1. The highest BCUT2D eigenvalue weighted by Crippen LogP contribution is 2.32. The predicted molar refractivity (Wildman–Crippen MR) is 128 cm³/mol. The number of carbonyl (C=O) groups excluding carboxylic acids is 1. The summed E-state index contributed by atoms with van der Waals surface area (Å²) < 4.78 is 65.3. The molecule has 0 unspecified atom stereocenters. The zero-order chi connectivity index (χ0) is 25.6. The first-order valence-corrected chi connectivity index (χ1v) is 11.8. The Labute approximate surface area is 205 Å². The molecule has 0 atom stereocenters. The monoisotopic (exact) mass is 523 g/mol. The predicted octanol–water partition coefficient (Wildman–Crippen LogP) is 3.98. The van der Waals surface area contributed by atoms with Gasteiger partial charge < -0.3 is 9.47 Å². The molecule has 0 bridgehead atoms. The van der Waals surface area contributed by atoms with Crippen molar-refractivity contribution in [2.45, 2.75) is 4.90 Å². The largest absolute Gasteiger partial charge is 0.493 e. The van der Waals surface area contributed by atoms with Crippen molar-refractivity contribution in [3.05, 3.63) is 82.9 Å². The van der Waals surface area contributed by atoms with E-state index in [4.69, 9.17) is 21.1 Å². The van der Waals surface area contributed by atoms with E-state index in [1.54, 1.807) is 0 Å². The van der Waals surface area contributed by atoms with Gasteiger partial charge in [0, 0.05) is 11.6 Å². The number of rotatable bonds is 9. The molecule has 3 rings (SSSR count). The summed E-state index contributed by atoms with van der Waals surface area (Å²) in [6, 6.07) is 12.5. The van der Waals surface area contributed by atoms with Crippen molar-refractivity contribution >= 4 is 39.4 Å². The second kappa shape index (κ2) is 11.2. The fraction of sp³-hybridized carbons (Fsp3) is 0.130. The van der Waals surface area contributed by atoms with Crippen LogP contribution in [-0.4, -0.2) is 41.3 Å². The van der Waals surface area contributed by atoms with Gasteiger partial charge in [-0.05, 0) is 48.5 Å². The molecule has 1 N–H and O–H groups in total. The average molecular weight is 524 g/mol. The number of hydrazone groups is 1. The molecular weight excluding hydrogens is 504 g/mol. The molecule has 3 aromatic rings. The zero-order valence-corrected chi connectivity index (χ0v) is 20.1. The Morgan fingerprint density at radius 1 is 1.06 bits per heavy atom. The van der Waals surface area contributed by atoms with Gasteiger partial charge >= 0.3 is 0 Å². The topological polar surface area (TPSA) is 97.3 Å². The summed E-state index contributed by atoms with van der Waals surface area (Å²) in [5.74, 6) is -1.63. The molecule has 35 heavy (non-hydrogen) atoms. The van der Waals surface area contributed by atoms with Crippen molar-refractivity contribution in [2.75, 3.05) is 25.1 Å².